The van der Waals surface area contributed by atoms with Gasteiger partial charge in [0.1, 0.15) is 5.82 Å². The molecule has 0 unspecified atom stereocenters. The summed E-state index contributed by atoms with van der Waals surface area (Å²) in [6.45, 7) is 1.71. The van der Waals surface area contributed by atoms with Gasteiger partial charge >= 0.3 is 0 Å². The third-order valence-corrected chi connectivity index (χ3v) is 2.76. The Morgan fingerprint density at radius 2 is 2.16 bits per heavy atom. The highest BCUT2D eigenvalue weighted by molar-refractivity contribution is 5.57. The molecule has 2 N–H and O–H groups in total. The van der Waals surface area contributed by atoms with Crippen molar-refractivity contribution >= 4 is 0 Å². The van der Waals surface area contributed by atoms with Crippen molar-refractivity contribution in [3.05, 3.63) is 45.7 Å². The number of hydrogen-bond acceptors (Lipinski definition) is 3. The Hall–Kier alpha value is -2.24. The molecule has 1 aromatic carbocycles. The fraction of sp³-hybridized carbons (Fsp3) is 0.231. The molecule has 0 saturated heterocycles. The average molecular weight is 266 g/mol. The molecule has 0 atom stereocenters. The molecule has 0 fully saturated rings. The van der Waals surface area contributed by atoms with Crippen LogP contribution in [0.4, 0.5) is 8.78 Å². The molecule has 2 rings (SSSR count). The van der Waals surface area contributed by atoms with Gasteiger partial charge in [0.2, 0.25) is 5.88 Å². The zero-order valence-corrected chi connectivity index (χ0v) is 10.2. The Kier molecular flexibility index (Phi) is 3.59. The first-order valence-electron chi connectivity index (χ1n) is 5.73. The normalized spacial score (nSPS) is 10.9. The van der Waals surface area contributed by atoms with E-state index in [0.717, 1.165) is 0 Å². The molecule has 100 valence electrons. The lowest BCUT2D eigenvalue weighted by Crippen LogP contribution is -2.14. The van der Waals surface area contributed by atoms with Gasteiger partial charge in [-0.1, -0.05) is 25.1 Å². The van der Waals surface area contributed by atoms with Gasteiger partial charge in [0.25, 0.3) is 12.0 Å². The van der Waals surface area contributed by atoms with Gasteiger partial charge < -0.3 is 10.1 Å². The van der Waals surface area contributed by atoms with Crippen LogP contribution in [0.2, 0.25) is 0 Å². The lowest BCUT2D eigenvalue weighted by atomic mass is 10.1. The molecule has 4 nitrogen and oxygen atoms in total. The molecule has 0 bridgehead atoms. The zero-order chi connectivity index (χ0) is 14.0. The van der Waals surface area contributed by atoms with Gasteiger partial charge in [-0.05, 0) is 12.5 Å². The van der Waals surface area contributed by atoms with Gasteiger partial charge in [-0.3, -0.25) is 4.79 Å². The van der Waals surface area contributed by atoms with Crippen molar-refractivity contribution in [1.82, 2.24) is 9.97 Å². The summed E-state index contributed by atoms with van der Waals surface area (Å²) in [6.07, 6.45) is -2.26. The molecule has 1 aromatic heterocycles. The molecule has 0 radical (unpaired) electrons. The predicted octanol–water partition coefficient (Wildman–Crippen LogP) is 2.64. The molecule has 19 heavy (non-hydrogen) atoms. The van der Waals surface area contributed by atoms with Crippen molar-refractivity contribution in [1.29, 1.82) is 0 Å². The van der Waals surface area contributed by atoms with Crippen molar-refractivity contribution in [3.8, 4) is 17.3 Å². The second kappa shape index (κ2) is 5.17. The van der Waals surface area contributed by atoms with Crippen LogP contribution in [-0.2, 0) is 6.42 Å². The Morgan fingerprint density at radius 1 is 1.42 bits per heavy atom. The summed E-state index contributed by atoms with van der Waals surface area (Å²) < 4.78 is 25.2. The average Bonchev–Trinajstić information content (AvgIpc) is 2.38. The van der Waals surface area contributed by atoms with Crippen LogP contribution in [0.15, 0.2) is 29.1 Å². The maximum Gasteiger partial charge on any atom is 0.263 e. The van der Waals surface area contributed by atoms with E-state index in [1.165, 1.54) is 24.3 Å². The minimum atomic E-state index is -2.60. The van der Waals surface area contributed by atoms with Crippen LogP contribution in [0.1, 0.15) is 24.5 Å². The molecule has 0 amide bonds. The topological polar surface area (TPSA) is 66.0 Å². The van der Waals surface area contributed by atoms with E-state index in [2.05, 4.69) is 9.97 Å². The third-order valence-electron chi connectivity index (χ3n) is 2.76. The maximum atomic E-state index is 12.6. The molecule has 0 aliphatic carbocycles. The molecule has 0 saturated carbocycles. The first kappa shape index (κ1) is 13.2. The number of alkyl halides is 2. The number of aromatic hydroxyl groups is 1. The number of aromatic amines is 1. The van der Waals surface area contributed by atoms with Crippen LogP contribution < -0.4 is 5.56 Å². The van der Waals surface area contributed by atoms with E-state index < -0.39 is 12.0 Å². The van der Waals surface area contributed by atoms with E-state index >= 15 is 0 Å². The summed E-state index contributed by atoms with van der Waals surface area (Å²) in [5.41, 5.74) is -0.131. The van der Waals surface area contributed by atoms with Crippen molar-refractivity contribution in [2.24, 2.45) is 0 Å². The summed E-state index contributed by atoms with van der Waals surface area (Å²) >= 11 is 0. The minimum Gasteiger partial charge on any atom is -0.493 e. The zero-order valence-electron chi connectivity index (χ0n) is 10.2. The molecule has 0 aliphatic heterocycles. The number of benzene rings is 1. The summed E-state index contributed by atoms with van der Waals surface area (Å²) in [5, 5.41) is 9.63. The number of H-pyrrole nitrogens is 1. The third kappa shape index (κ3) is 2.62. The Bertz CT molecular complexity index is 653. The molecule has 0 aliphatic rings. The van der Waals surface area contributed by atoms with E-state index in [9.17, 15) is 18.7 Å². The molecule has 1 heterocycles. The van der Waals surface area contributed by atoms with E-state index in [1.807, 2.05) is 0 Å². The van der Waals surface area contributed by atoms with E-state index in [4.69, 9.17) is 0 Å². The molecular weight excluding hydrogens is 254 g/mol. The number of halogens is 2. The van der Waals surface area contributed by atoms with Gasteiger partial charge in [-0.15, -0.1) is 0 Å². The Labute approximate surface area is 107 Å². The van der Waals surface area contributed by atoms with Gasteiger partial charge in [0, 0.05) is 11.1 Å². The lowest BCUT2D eigenvalue weighted by molar-refractivity contribution is 0.151. The summed E-state index contributed by atoms with van der Waals surface area (Å²) in [7, 11) is 0. The van der Waals surface area contributed by atoms with Gasteiger partial charge in [0.05, 0.1) is 5.56 Å². The number of nitrogens with one attached hydrogen (secondary N) is 1. The fourth-order valence-corrected chi connectivity index (χ4v) is 1.76. The highest BCUT2D eigenvalue weighted by Crippen LogP contribution is 2.24. The highest BCUT2D eigenvalue weighted by atomic mass is 19.3. The number of nitrogens with zero attached hydrogens (tertiary/aromatic N) is 1. The second-order valence-corrected chi connectivity index (χ2v) is 4.00. The highest BCUT2D eigenvalue weighted by Gasteiger charge is 2.12. The van der Waals surface area contributed by atoms with Crippen molar-refractivity contribution in [2.75, 3.05) is 0 Å². The summed E-state index contributed by atoms with van der Waals surface area (Å²) in [4.78, 5) is 18.0. The summed E-state index contributed by atoms with van der Waals surface area (Å²) in [5.74, 6) is -0.300. The van der Waals surface area contributed by atoms with Gasteiger partial charge in [-0.25, -0.2) is 8.78 Å². The van der Waals surface area contributed by atoms with Crippen LogP contribution >= 0.6 is 0 Å². The molecular formula is C13H12F2N2O2. The van der Waals surface area contributed by atoms with Crippen LogP contribution in [-0.4, -0.2) is 15.1 Å². The van der Waals surface area contributed by atoms with Crippen LogP contribution in [0.5, 0.6) is 5.88 Å². The van der Waals surface area contributed by atoms with Crippen molar-refractivity contribution in [3.63, 3.8) is 0 Å². The standard InChI is InChI=1S/C13H12F2N2O2/c1-2-9-12(18)16-11(17-13(9)19)8-5-3-4-7(6-8)10(14)15/h3-6,10H,2H2,1H3,(H2,16,17,18,19). The van der Waals surface area contributed by atoms with Crippen molar-refractivity contribution in [2.45, 2.75) is 19.8 Å². The molecule has 2 aromatic rings. The second-order valence-electron chi connectivity index (χ2n) is 4.00. The van der Waals surface area contributed by atoms with E-state index in [-0.39, 0.29) is 22.8 Å². The fourth-order valence-electron chi connectivity index (χ4n) is 1.76. The van der Waals surface area contributed by atoms with Gasteiger partial charge in [0.15, 0.2) is 0 Å². The largest absolute Gasteiger partial charge is 0.493 e. The smallest absolute Gasteiger partial charge is 0.263 e. The number of rotatable bonds is 3. The van der Waals surface area contributed by atoms with Gasteiger partial charge in [-0.2, -0.15) is 4.98 Å². The SMILES string of the molecule is CCc1c(O)nc(-c2cccc(C(F)F)c2)[nH]c1=O. The minimum absolute atomic E-state index is 0.0715. The molecule has 6 heteroatoms. The Balaban J connectivity index is 2.54. The quantitative estimate of drug-likeness (QED) is 0.897. The monoisotopic (exact) mass is 266 g/mol. The van der Waals surface area contributed by atoms with E-state index in [1.54, 1.807) is 6.92 Å². The Morgan fingerprint density at radius 3 is 2.74 bits per heavy atom. The molecule has 0 spiro atoms. The van der Waals surface area contributed by atoms with Crippen LogP contribution in [0.3, 0.4) is 0 Å². The first-order valence-corrected chi connectivity index (χ1v) is 5.73. The number of aromatic nitrogens is 2. The predicted molar refractivity (Wildman–Crippen MR) is 66.3 cm³/mol. The van der Waals surface area contributed by atoms with Crippen molar-refractivity contribution < 1.29 is 13.9 Å². The first-order chi connectivity index (χ1) is 9.02. The van der Waals surface area contributed by atoms with Crippen LogP contribution in [0, 0.1) is 0 Å². The number of hydrogen-bond donors (Lipinski definition) is 2. The van der Waals surface area contributed by atoms with E-state index in [0.29, 0.717) is 12.0 Å². The lowest BCUT2D eigenvalue weighted by Gasteiger charge is -2.06. The summed E-state index contributed by atoms with van der Waals surface area (Å²) in [6, 6.07) is 5.50. The van der Waals surface area contributed by atoms with Crippen LogP contribution in [0.25, 0.3) is 11.4 Å². The maximum absolute atomic E-state index is 12.6.